The molecule has 3 nitrogen and oxygen atoms in total. The molecule has 18 heavy (non-hydrogen) atoms. The summed E-state index contributed by atoms with van der Waals surface area (Å²) in [5.74, 6) is 0.887. The Labute approximate surface area is 106 Å². The van der Waals surface area contributed by atoms with Gasteiger partial charge in [-0.3, -0.25) is 0 Å². The number of fused-ring (bicyclic) bond motifs is 1. The van der Waals surface area contributed by atoms with E-state index in [0.29, 0.717) is 0 Å². The Balaban J connectivity index is 2.07. The molecule has 2 aromatic heterocycles. The summed E-state index contributed by atoms with van der Waals surface area (Å²) in [6.07, 6.45) is 6.14. The maximum absolute atomic E-state index is 5.42. The smallest absolute Gasteiger partial charge is 0.329 e. The molecule has 0 unspecified atom stereocenters. The van der Waals surface area contributed by atoms with Crippen LogP contribution in [0, 0.1) is 0 Å². The molecule has 3 aromatic rings. The lowest BCUT2D eigenvalue weighted by molar-refractivity contribution is -0.662. The van der Waals surface area contributed by atoms with Gasteiger partial charge in [0.1, 0.15) is 18.9 Å². The number of rotatable bonds is 3. The van der Waals surface area contributed by atoms with E-state index in [0.717, 1.165) is 17.9 Å². The fraction of sp³-hybridized carbons (Fsp3) is 0.133. The number of methoxy groups -OCH3 is 1. The van der Waals surface area contributed by atoms with Gasteiger partial charge in [0.2, 0.25) is 5.75 Å². The van der Waals surface area contributed by atoms with Gasteiger partial charge < -0.3 is 4.74 Å². The molecular formula is C15H15N2O+. The summed E-state index contributed by atoms with van der Waals surface area (Å²) in [5, 5.41) is 0. The van der Waals surface area contributed by atoms with Crippen LogP contribution in [0.15, 0.2) is 61.1 Å². The van der Waals surface area contributed by atoms with Crippen molar-refractivity contribution < 1.29 is 9.30 Å². The van der Waals surface area contributed by atoms with Gasteiger partial charge in [0.15, 0.2) is 0 Å². The number of pyridine rings is 1. The van der Waals surface area contributed by atoms with Crippen molar-refractivity contribution in [2.24, 2.45) is 0 Å². The van der Waals surface area contributed by atoms with Gasteiger partial charge in [-0.1, -0.05) is 30.3 Å². The van der Waals surface area contributed by atoms with Gasteiger partial charge in [-0.05, 0) is 17.7 Å². The molecule has 0 aliphatic carbocycles. The van der Waals surface area contributed by atoms with E-state index >= 15 is 0 Å². The molecule has 1 aromatic carbocycles. The molecular weight excluding hydrogens is 224 g/mol. The third-order valence-corrected chi connectivity index (χ3v) is 3.05. The van der Waals surface area contributed by atoms with Gasteiger partial charge in [0, 0.05) is 0 Å². The maximum Gasteiger partial charge on any atom is 0.329 e. The Hall–Kier alpha value is -2.29. The van der Waals surface area contributed by atoms with Crippen molar-refractivity contribution in [2.75, 3.05) is 7.11 Å². The molecule has 90 valence electrons. The lowest BCUT2D eigenvalue weighted by Gasteiger charge is -2.02. The first-order chi connectivity index (χ1) is 8.88. The van der Waals surface area contributed by atoms with Gasteiger partial charge in [-0.15, -0.1) is 0 Å². The van der Waals surface area contributed by atoms with Crippen LogP contribution in [0.5, 0.6) is 5.75 Å². The predicted octanol–water partition coefficient (Wildman–Crippen LogP) is 2.28. The molecule has 0 atom stereocenters. The standard InChI is InChI=1S/C15H15N2O/c1-18-14-8-5-9-16-10-11-17(15(14)16)12-13-6-3-2-4-7-13/h2-11H,12H2,1H3/q+1. The average molecular weight is 239 g/mol. The summed E-state index contributed by atoms with van der Waals surface area (Å²) in [7, 11) is 1.70. The van der Waals surface area contributed by atoms with Crippen LogP contribution < -0.4 is 9.30 Å². The molecule has 0 fully saturated rings. The molecule has 3 rings (SSSR count). The van der Waals surface area contributed by atoms with Crippen molar-refractivity contribution >= 4 is 5.65 Å². The van der Waals surface area contributed by atoms with Crippen LogP contribution in [0.1, 0.15) is 5.56 Å². The van der Waals surface area contributed by atoms with Crippen LogP contribution in [0.3, 0.4) is 0 Å². The summed E-state index contributed by atoms with van der Waals surface area (Å²) in [4.78, 5) is 0. The van der Waals surface area contributed by atoms with Gasteiger partial charge in [-0.2, -0.15) is 4.40 Å². The van der Waals surface area contributed by atoms with Crippen LogP contribution in [-0.4, -0.2) is 11.5 Å². The van der Waals surface area contributed by atoms with Gasteiger partial charge in [-0.25, -0.2) is 4.57 Å². The zero-order valence-electron chi connectivity index (χ0n) is 10.3. The van der Waals surface area contributed by atoms with E-state index in [2.05, 4.69) is 39.4 Å². The van der Waals surface area contributed by atoms with Gasteiger partial charge in [0.05, 0.1) is 13.3 Å². The Morgan fingerprint density at radius 3 is 2.67 bits per heavy atom. The molecule has 0 N–H and O–H groups in total. The number of nitrogens with zero attached hydrogens (tertiary/aromatic N) is 2. The summed E-state index contributed by atoms with van der Waals surface area (Å²) in [5.41, 5.74) is 2.35. The Bertz CT molecular complexity index is 659. The maximum atomic E-state index is 5.42. The summed E-state index contributed by atoms with van der Waals surface area (Å²) >= 11 is 0. The Morgan fingerprint density at radius 1 is 1.06 bits per heavy atom. The number of benzene rings is 1. The van der Waals surface area contributed by atoms with E-state index in [4.69, 9.17) is 4.74 Å². The van der Waals surface area contributed by atoms with Crippen molar-refractivity contribution in [1.29, 1.82) is 0 Å². The SMILES string of the molecule is COc1cccn2cc[n+](Cc3ccccc3)c12. The highest BCUT2D eigenvalue weighted by Crippen LogP contribution is 2.15. The fourth-order valence-electron chi connectivity index (χ4n) is 2.20. The van der Waals surface area contributed by atoms with E-state index in [1.165, 1.54) is 5.56 Å². The van der Waals surface area contributed by atoms with Crippen molar-refractivity contribution in [2.45, 2.75) is 6.54 Å². The van der Waals surface area contributed by atoms with E-state index in [-0.39, 0.29) is 0 Å². The third-order valence-electron chi connectivity index (χ3n) is 3.05. The summed E-state index contributed by atoms with van der Waals surface area (Å²) in [6, 6.07) is 14.4. The monoisotopic (exact) mass is 239 g/mol. The summed E-state index contributed by atoms with van der Waals surface area (Å²) in [6.45, 7) is 0.845. The highest BCUT2D eigenvalue weighted by molar-refractivity contribution is 5.48. The second-order valence-electron chi connectivity index (χ2n) is 4.22. The normalized spacial score (nSPS) is 10.7. The molecule has 3 heteroatoms. The molecule has 2 heterocycles. The zero-order valence-corrected chi connectivity index (χ0v) is 10.3. The molecule has 0 spiro atoms. The van der Waals surface area contributed by atoms with E-state index in [1.807, 2.05) is 30.6 Å². The molecule has 0 bridgehead atoms. The van der Waals surface area contributed by atoms with Gasteiger partial charge in [0.25, 0.3) is 0 Å². The van der Waals surface area contributed by atoms with Crippen molar-refractivity contribution in [1.82, 2.24) is 4.40 Å². The average Bonchev–Trinajstić information content (AvgIpc) is 2.83. The molecule has 0 aliphatic heterocycles. The minimum atomic E-state index is 0.845. The van der Waals surface area contributed by atoms with E-state index in [1.54, 1.807) is 7.11 Å². The fourth-order valence-corrected chi connectivity index (χ4v) is 2.20. The second kappa shape index (κ2) is 4.53. The Kier molecular flexibility index (Phi) is 2.73. The van der Waals surface area contributed by atoms with Crippen molar-refractivity contribution in [3.8, 4) is 5.75 Å². The van der Waals surface area contributed by atoms with Crippen LogP contribution in [0.25, 0.3) is 5.65 Å². The number of imidazole rings is 1. The number of ether oxygens (including phenoxy) is 1. The zero-order chi connectivity index (χ0) is 12.4. The van der Waals surface area contributed by atoms with Crippen LogP contribution in [0.4, 0.5) is 0 Å². The minimum absolute atomic E-state index is 0.845. The van der Waals surface area contributed by atoms with Gasteiger partial charge >= 0.3 is 5.65 Å². The lowest BCUT2D eigenvalue weighted by Crippen LogP contribution is -2.33. The highest BCUT2D eigenvalue weighted by atomic mass is 16.5. The Morgan fingerprint density at radius 2 is 1.89 bits per heavy atom. The van der Waals surface area contributed by atoms with E-state index in [9.17, 15) is 0 Å². The summed E-state index contributed by atoms with van der Waals surface area (Å²) < 4.78 is 9.68. The first-order valence-corrected chi connectivity index (χ1v) is 5.95. The predicted molar refractivity (Wildman–Crippen MR) is 69.7 cm³/mol. The minimum Gasteiger partial charge on any atom is -0.489 e. The first kappa shape index (κ1) is 10.8. The second-order valence-corrected chi connectivity index (χ2v) is 4.22. The number of aromatic nitrogens is 2. The first-order valence-electron chi connectivity index (χ1n) is 5.95. The topological polar surface area (TPSA) is 17.5 Å². The van der Waals surface area contributed by atoms with Crippen molar-refractivity contribution in [3.05, 3.63) is 66.6 Å². The lowest BCUT2D eigenvalue weighted by atomic mass is 10.2. The molecule has 0 saturated heterocycles. The molecule has 0 saturated carbocycles. The number of hydrogen-bond donors (Lipinski definition) is 0. The van der Waals surface area contributed by atoms with Crippen molar-refractivity contribution in [3.63, 3.8) is 0 Å². The largest absolute Gasteiger partial charge is 0.489 e. The van der Waals surface area contributed by atoms with E-state index < -0.39 is 0 Å². The molecule has 0 radical (unpaired) electrons. The third kappa shape index (κ3) is 1.84. The van der Waals surface area contributed by atoms with Crippen LogP contribution in [-0.2, 0) is 6.54 Å². The number of hydrogen-bond acceptors (Lipinski definition) is 1. The molecule has 0 amide bonds. The van der Waals surface area contributed by atoms with Crippen LogP contribution >= 0.6 is 0 Å². The highest BCUT2D eigenvalue weighted by Gasteiger charge is 2.15. The van der Waals surface area contributed by atoms with Crippen LogP contribution in [0.2, 0.25) is 0 Å². The quantitative estimate of drug-likeness (QED) is 0.641. The molecule has 0 aliphatic rings.